The van der Waals surface area contributed by atoms with Gasteiger partial charge in [-0.05, 0) is 18.2 Å². The van der Waals surface area contributed by atoms with E-state index in [1.54, 1.807) is 0 Å². The van der Waals surface area contributed by atoms with E-state index in [2.05, 4.69) is 16.6 Å². The summed E-state index contributed by atoms with van der Waals surface area (Å²) in [6.07, 6.45) is -0.165. The van der Waals surface area contributed by atoms with Gasteiger partial charge in [0.25, 0.3) is 0 Å². The van der Waals surface area contributed by atoms with Crippen molar-refractivity contribution in [3.63, 3.8) is 0 Å². The number of hydrogen-bond donors (Lipinski definition) is 1. The largest absolute Gasteiger partial charge is 0.465 e. The fraction of sp³-hybridized carbons (Fsp3) is 0.167. The number of benzene rings is 1. The molecule has 4 nitrogen and oxygen atoms in total. The third kappa shape index (κ3) is 3.61. The highest BCUT2D eigenvalue weighted by Gasteiger charge is 2.08. The maximum Gasteiger partial charge on any atom is 0.337 e. The SMILES string of the molecule is COC(=O)c1ccc(F)c(C#CCC(N)=O)c1. The standard InChI is InChI=1S/C12H10FNO3/c1-17-12(16)9-5-6-10(13)8(7-9)3-2-4-11(14)15/h5-7H,4H2,1H3,(H2,14,15). The molecule has 1 rings (SSSR count). The lowest BCUT2D eigenvalue weighted by Crippen LogP contribution is -2.08. The average Bonchev–Trinajstić information content (AvgIpc) is 2.30. The Hall–Kier alpha value is -2.35. The fourth-order valence-electron chi connectivity index (χ4n) is 1.09. The Morgan fingerprint density at radius 1 is 1.47 bits per heavy atom. The molecule has 1 aromatic rings. The zero-order valence-electron chi connectivity index (χ0n) is 9.12. The van der Waals surface area contributed by atoms with Crippen molar-refractivity contribution in [1.82, 2.24) is 0 Å². The Morgan fingerprint density at radius 2 is 2.18 bits per heavy atom. The lowest BCUT2D eigenvalue weighted by Gasteiger charge is -2.00. The van der Waals surface area contributed by atoms with Crippen LogP contribution in [0, 0.1) is 17.7 Å². The zero-order chi connectivity index (χ0) is 12.8. The van der Waals surface area contributed by atoms with Gasteiger partial charge in [0.2, 0.25) is 5.91 Å². The van der Waals surface area contributed by atoms with Crippen LogP contribution in [0.4, 0.5) is 4.39 Å². The number of primary amides is 1. The van der Waals surface area contributed by atoms with Crippen LogP contribution < -0.4 is 5.73 Å². The maximum atomic E-state index is 13.3. The third-order valence-corrected chi connectivity index (χ3v) is 1.87. The number of carbonyl (C=O) groups excluding carboxylic acids is 2. The highest BCUT2D eigenvalue weighted by molar-refractivity contribution is 5.89. The van der Waals surface area contributed by atoms with E-state index >= 15 is 0 Å². The molecule has 17 heavy (non-hydrogen) atoms. The Bertz CT molecular complexity index is 514. The first kappa shape index (κ1) is 12.7. The maximum absolute atomic E-state index is 13.3. The van der Waals surface area contributed by atoms with Crippen molar-refractivity contribution in [2.45, 2.75) is 6.42 Å². The molecular formula is C12H10FNO3. The van der Waals surface area contributed by atoms with Gasteiger partial charge < -0.3 is 10.5 Å². The van der Waals surface area contributed by atoms with Crippen molar-refractivity contribution >= 4 is 11.9 Å². The Balaban J connectivity index is 3.01. The molecule has 0 spiro atoms. The van der Waals surface area contributed by atoms with Gasteiger partial charge in [-0.3, -0.25) is 4.79 Å². The second kappa shape index (κ2) is 5.66. The van der Waals surface area contributed by atoms with Crippen LogP contribution in [-0.2, 0) is 9.53 Å². The molecule has 0 heterocycles. The van der Waals surface area contributed by atoms with Gasteiger partial charge in [-0.1, -0.05) is 11.8 Å². The van der Waals surface area contributed by atoms with Gasteiger partial charge in [0.05, 0.1) is 24.7 Å². The first-order valence-corrected chi connectivity index (χ1v) is 4.69. The number of ether oxygens (including phenoxy) is 1. The number of amides is 1. The van der Waals surface area contributed by atoms with Crippen molar-refractivity contribution in [2.75, 3.05) is 7.11 Å². The molecule has 88 valence electrons. The van der Waals surface area contributed by atoms with Crippen molar-refractivity contribution in [2.24, 2.45) is 5.73 Å². The van der Waals surface area contributed by atoms with Gasteiger partial charge >= 0.3 is 5.97 Å². The molecule has 0 unspecified atom stereocenters. The molecule has 0 fully saturated rings. The minimum absolute atomic E-state index is 0.0224. The average molecular weight is 235 g/mol. The molecular weight excluding hydrogens is 225 g/mol. The lowest BCUT2D eigenvalue weighted by molar-refractivity contribution is -0.117. The first-order chi connectivity index (χ1) is 8.04. The quantitative estimate of drug-likeness (QED) is 0.610. The molecule has 0 atom stereocenters. The van der Waals surface area contributed by atoms with E-state index in [1.165, 1.54) is 19.2 Å². The summed E-state index contributed by atoms with van der Waals surface area (Å²) in [5.41, 5.74) is 5.10. The second-order valence-electron chi connectivity index (χ2n) is 3.13. The van der Waals surface area contributed by atoms with Crippen LogP contribution in [0.15, 0.2) is 18.2 Å². The van der Waals surface area contributed by atoms with Crippen LogP contribution in [0.1, 0.15) is 22.3 Å². The van der Waals surface area contributed by atoms with Crippen molar-refractivity contribution in [1.29, 1.82) is 0 Å². The smallest absolute Gasteiger partial charge is 0.337 e. The van der Waals surface area contributed by atoms with E-state index in [4.69, 9.17) is 5.73 Å². The van der Waals surface area contributed by atoms with E-state index in [0.29, 0.717) is 0 Å². The van der Waals surface area contributed by atoms with E-state index in [-0.39, 0.29) is 17.5 Å². The molecule has 0 radical (unpaired) electrons. The summed E-state index contributed by atoms with van der Waals surface area (Å²) in [5, 5.41) is 0. The minimum atomic E-state index is -0.595. The number of rotatable bonds is 2. The molecule has 0 aliphatic rings. The van der Waals surface area contributed by atoms with E-state index in [0.717, 1.165) is 6.07 Å². The molecule has 0 bridgehead atoms. The number of carbonyl (C=O) groups is 2. The van der Waals surface area contributed by atoms with Crippen LogP contribution in [0.2, 0.25) is 0 Å². The number of esters is 1. The van der Waals surface area contributed by atoms with Gasteiger partial charge in [-0.15, -0.1) is 0 Å². The minimum Gasteiger partial charge on any atom is -0.465 e. The Labute approximate surface area is 97.6 Å². The van der Waals surface area contributed by atoms with Crippen molar-refractivity contribution < 1.29 is 18.7 Å². The van der Waals surface area contributed by atoms with Crippen LogP contribution >= 0.6 is 0 Å². The molecule has 1 aromatic carbocycles. The van der Waals surface area contributed by atoms with Crippen LogP contribution in [0.5, 0.6) is 0 Å². The van der Waals surface area contributed by atoms with Gasteiger partial charge in [0.15, 0.2) is 0 Å². The molecule has 0 saturated carbocycles. The fourth-order valence-corrected chi connectivity index (χ4v) is 1.09. The highest BCUT2D eigenvalue weighted by Crippen LogP contribution is 2.10. The van der Waals surface area contributed by atoms with Gasteiger partial charge in [0.1, 0.15) is 5.82 Å². The second-order valence-corrected chi connectivity index (χ2v) is 3.13. The highest BCUT2D eigenvalue weighted by atomic mass is 19.1. The molecule has 0 aliphatic carbocycles. The van der Waals surface area contributed by atoms with Crippen molar-refractivity contribution in [3.8, 4) is 11.8 Å². The molecule has 5 heteroatoms. The summed E-state index contributed by atoms with van der Waals surface area (Å²) >= 11 is 0. The zero-order valence-corrected chi connectivity index (χ0v) is 9.12. The summed E-state index contributed by atoms with van der Waals surface area (Å²) in [6.45, 7) is 0. The monoisotopic (exact) mass is 235 g/mol. The summed E-state index contributed by atoms with van der Waals surface area (Å²) in [4.78, 5) is 21.6. The van der Waals surface area contributed by atoms with Crippen LogP contribution in [-0.4, -0.2) is 19.0 Å². The van der Waals surface area contributed by atoms with Crippen LogP contribution in [0.25, 0.3) is 0 Å². The number of hydrogen-bond acceptors (Lipinski definition) is 3. The van der Waals surface area contributed by atoms with E-state index < -0.39 is 17.7 Å². The summed E-state index contributed by atoms with van der Waals surface area (Å²) < 4.78 is 17.8. The number of halogens is 1. The van der Waals surface area contributed by atoms with Gasteiger partial charge in [-0.2, -0.15) is 0 Å². The molecule has 0 aliphatic heterocycles. The number of nitrogens with two attached hydrogens (primary N) is 1. The predicted octanol–water partition coefficient (Wildman–Crippen LogP) is 0.839. The Kier molecular flexibility index (Phi) is 4.23. The summed E-state index contributed by atoms with van der Waals surface area (Å²) in [5.74, 6) is 3.09. The molecule has 0 saturated heterocycles. The van der Waals surface area contributed by atoms with Crippen molar-refractivity contribution in [3.05, 3.63) is 35.1 Å². The first-order valence-electron chi connectivity index (χ1n) is 4.69. The predicted molar refractivity (Wildman–Crippen MR) is 58.4 cm³/mol. The van der Waals surface area contributed by atoms with Gasteiger partial charge in [-0.25, -0.2) is 9.18 Å². The number of methoxy groups -OCH3 is 1. The van der Waals surface area contributed by atoms with E-state index in [1.807, 2.05) is 0 Å². The summed E-state index contributed by atoms with van der Waals surface area (Å²) in [6, 6.07) is 3.66. The van der Waals surface area contributed by atoms with Crippen LogP contribution in [0.3, 0.4) is 0 Å². The third-order valence-electron chi connectivity index (χ3n) is 1.87. The summed E-state index contributed by atoms with van der Waals surface area (Å²) in [7, 11) is 1.23. The topological polar surface area (TPSA) is 69.4 Å². The lowest BCUT2D eigenvalue weighted by atomic mass is 10.1. The Morgan fingerprint density at radius 3 is 2.76 bits per heavy atom. The normalized spacial score (nSPS) is 9.06. The molecule has 2 N–H and O–H groups in total. The van der Waals surface area contributed by atoms with Gasteiger partial charge in [0, 0.05) is 0 Å². The molecule has 1 amide bonds. The van der Waals surface area contributed by atoms with E-state index in [9.17, 15) is 14.0 Å². The molecule has 0 aromatic heterocycles.